The Balaban J connectivity index is 2.95. The molecule has 0 aliphatic heterocycles. The van der Waals surface area contributed by atoms with Gasteiger partial charge in [-0.1, -0.05) is 18.5 Å². The average Bonchev–Trinajstić information content (AvgIpc) is 2.14. The van der Waals surface area contributed by atoms with Gasteiger partial charge in [-0.15, -0.1) is 0 Å². The van der Waals surface area contributed by atoms with Crippen molar-refractivity contribution in [1.82, 2.24) is 0 Å². The van der Waals surface area contributed by atoms with Crippen molar-refractivity contribution >= 4 is 17.6 Å². The fourth-order valence-electron chi connectivity index (χ4n) is 1.17. The molecule has 2 nitrogen and oxygen atoms in total. The zero-order valence-electron chi connectivity index (χ0n) is 8.56. The molecule has 1 rings (SSSR count). The molecule has 1 aromatic rings. The Kier molecular flexibility index (Phi) is 3.53. The van der Waals surface area contributed by atoms with E-state index < -0.39 is 0 Å². The molecule has 0 aromatic heterocycles. The van der Waals surface area contributed by atoms with Gasteiger partial charge in [0.25, 0.3) is 0 Å². The van der Waals surface area contributed by atoms with Gasteiger partial charge in [-0.05, 0) is 37.1 Å². The third kappa shape index (κ3) is 2.48. The number of aryl methyl sites for hydroxylation is 2. The predicted octanol–water partition coefficient (Wildman–Crippen LogP) is 3.27. The standard InChI is InChI=1S/C11H13ClO2/c1-4-10(13)14-9-5-7(2)11(12)8(3)6-9/h5-6H,4H2,1-3H3. The Morgan fingerprint density at radius 1 is 1.36 bits per heavy atom. The predicted molar refractivity (Wildman–Crippen MR) is 56.9 cm³/mol. The van der Waals surface area contributed by atoms with E-state index in [2.05, 4.69) is 0 Å². The molecule has 0 radical (unpaired) electrons. The van der Waals surface area contributed by atoms with Gasteiger partial charge in [0.1, 0.15) is 5.75 Å². The number of rotatable bonds is 2. The van der Waals surface area contributed by atoms with Gasteiger partial charge in [-0.25, -0.2) is 0 Å². The first-order valence-electron chi connectivity index (χ1n) is 4.52. The van der Waals surface area contributed by atoms with Gasteiger partial charge in [-0.2, -0.15) is 0 Å². The first kappa shape index (κ1) is 11.1. The molecule has 0 aliphatic rings. The van der Waals surface area contributed by atoms with Crippen molar-refractivity contribution in [3.63, 3.8) is 0 Å². The van der Waals surface area contributed by atoms with Crippen molar-refractivity contribution in [3.8, 4) is 5.75 Å². The Morgan fingerprint density at radius 3 is 2.29 bits per heavy atom. The lowest BCUT2D eigenvalue weighted by Crippen LogP contribution is -2.05. The number of carbonyl (C=O) groups excluding carboxylic acids is 1. The largest absolute Gasteiger partial charge is 0.427 e. The minimum atomic E-state index is -0.230. The number of esters is 1. The van der Waals surface area contributed by atoms with E-state index in [1.807, 2.05) is 13.8 Å². The highest BCUT2D eigenvalue weighted by Crippen LogP contribution is 2.25. The van der Waals surface area contributed by atoms with Crippen LogP contribution in [0.15, 0.2) is 12.1 Å². The summed E-state index contributed by atoms with van der Waals surface area (Å²) in [6.07, 6.45) is 0.376. The first-order chi connectivity index (χ1) is 6.54. The van der Waals surface area contributed by atoms with Crippen LogP contribution in [-0.4, -0.2) is 5.97 Å². The lowest BCUT2D eigenvalue weighted by molar-refractivity contribution is -0.134. The number of hydrogen-bond acceptors (Lipinski definition) is 2. The molecule has 0 unspecified atom stereocenters. The van der Waals surface area contributed by atoms with Crippen LogP contribution in [0.1, 0.15) is 24.5 Å². The van der Waals surface area contributed by atoms with Crippen LogP contribution >= 0.6 is 11.6 Å². The number of hydrogen-bond donors (Lipinski definition) is 0. The average molecular weight is 213 g/mol. The Hall–Kier alpha value is -1.02. The second-order valence-corrected chi connectivity index (χ2v) is 3.58. The third-order valence-corrected chi connectivity index (χ3v) is 2.53. The maximum absolute atomic E-state index is 11.0. The summed E-state index contributed by atoms with van der Waals surface area (Å²) >= 11 is 5.98. The molecule has 76 valence electrons. The summed E-state index contributed by atoms with van der Waals surface area (Å²) in [4.78, 5) is 11.0. The van der Waals surface area contributed by atoms with E-state index in [0.717, 1.165) is 16.1 Å². The van der Waals surface area contributed by atoms with Gasteiger partial charge in [0.2, 0.25) is 0 Å². The molecule has 0 saturated heterocycles. The summed E-state index contributed by atoms with van der Waals surface area (Å²) < 4.78 is 5.08. The Bertz CT molecular complexity index is 335. The lowest BCUT2D eigenvalue weighted by atomic mass is 10.1. The molecule has 0 aliphatic carbocycles. The van der Waals surface area contributed by atoms with E-state index in [1.54, 1.807) is 19.1 Å². The molecular formula is C11H13ClO2. The molecule has 0 N–H and O–H groups in total. The van der Waals surface area contributed by atoms with Crippen LogP contribution in [0.25, 0.3) is 0 Å². The van der Waals surface area contributed by atoms with Crippen LogP contribution in [0.5, 0.6) is 5.75 Å². The minimum Gasteiger partial charge on any atom is -0.427 e. The second kappa shape index (κ2) is 4.47. The molecule has 14 heavy (non-hydrogen) atoms. The monoisotopic (exact) mass is 212 g/mol. The van der Waals surface area contributed by atoms with Crippen LogP contribution < -0.4 is 4.74 Å². The summed E-state index contributed by atoms with van der Waals surface area (Å²) in [5.41, 5.74) is 1.84. The molecule has 0 atom stereocenters. The van der Waals surface area contributed by atoms with Crippen LogP contribution in [0.2, 0.25) is 5.02 Å². The molecular weight excluding hydrogens is 200 g/mol. The van der Waals surface area contributed by atoms with Gasteiger partial charge < -0.3 is 4.74 Å². The summed E-state index contributed by atoms with van der Waals surface area (Å²) in [6, 6.07) is 3.53. The van der Waals surface area contributed by atoms with Gasteiger partial charge >= 0.3 is 5.97 Å². The van der Waals surface area contributed by atoms with Crippen LogP contribution in [0.4, 0.5) is 0 Å². The fraction of sp³-hybridized carbons (Fsp3) is 0.364. The van der Waals surface area contributed by atoms with Gasteiger partial charge in [0, 0.05) is 11.4 Å². The quantitative estimate of drug-likeness (QED) is 0.556. The van der Waals surface area contributed by atoms with Gasteiger partial charge in [-0.3, -0.25) is 4.79 Å². The highest BCUT2D eigenvalue weighted by atomic mass is 35.5. The Labute approximate surface area is 88.8 Å². The molecule has 1 aromatic carbocycles. The van der Waals surface area contributed by atoms with Gasteiger partial charge in [0.15, 0.2) is 0 Å². The summed E-state index contributed by atoms with van der Waals surface area (Å²) in [6.45, 7) is 5.54. The third-order valence-electron chi connectivity index (χ3n) is 1.93. The van der Waals surface area contributed by atoms with E-state index in [4.69, 9.17) is 16.3 Å². The van der Waals surface area contributed by atoms with Crippen LogP contribution in [0, 0.1) is 13.8 Å². The highest BCUT2D eigenvalue weighted by molar-refractivity contribution is 6.32. The van der Waals surface area contributed by atoms with E-state index in [9.17, 15) is 4.79 Å². The number of ether oxygens (including phenoxy) is 1. The van der Waals surface area contributed by atoms with Crippen molar-refractivity contribution in [1.29, 1.82) is 0 Å². The van der Waals surface area contributed by atoms with Crippen molar-refractivity contribution in [3.05, 3.63) is 28.3 Å². The molecule has 3 heteroatoms. The fourth-order valence-corrected chi connectivity index (χ4v) is 1.28. The molecule has 0 amide bonds. The minimum absolute atomic E-state index is 0.230. The molecule has 0 fully saturated rings. The Morgan fingerprint density at radius 2 is 1.86 bits per heavy atom. The van der Waals surface area contributed by atoms with Crippen molar-refractivity contribution in [2.45, 2.75) is 27.2 Å². The summed E-state index contributed by atoms with van der Waals surface area (Å²) in [7, 11) is 0. The molecule has 0 saturated carbocycles. The summed E-state index contributed by atoms with van der Waals surface area (Å²) in [5.74, 6) is 0.336. The number of halogens is 1. The number of carbonyl (C=O) groups is 1. The lowest BCUT2D eigenvalue weighted by Gasteiger charge is -2.07. The van der Waals surface area contributed by atoms with Crippen LogP contribution in [0.3, 0.4) is 0 Å². The maximum Gasteiger partial charge on any atom is 0.310 e. The molecule has 0 heterocycles. The molecule has 0 spiro atoms. The van der Waals surface area contributed by atoms with E-state index in [0.29, 0.717) is 12.2 Å². The zero-order chi connectivity index (χ0) is 10.7. The van der Waals surface area contributed by atoms with Crippen LogP contribution in [-0.2, 0) is 4.79 Å². The van der Waals surface area contributed by atoms with E-state index in [-0.39, 0.29) is 5.97 Å². The SMILES string of the molecule is CCC(=O)Oc1cc(C)c(Cl)c(C)c1. The second-order valence-electron chi connectivity index (χ2n) is 3.20. The van der Waals surface area contributed by atoms with Crippen molar-refractivity contribution in [2.24, 2.45) is 0 Å². The van der Waals surface area contributed by atoms with Crippen molar-refractivity contribution < 1.29 is 9.53 Å². The zero-order valence-corrected chi connectivity index (χ0v) is 9.31. The van der Waals surface area contributed by atoms with E-state index in [1.165, 1.54) is 0 Å². The normalized spacial score (nSPS) is 10.0. The highest BCUT2D eigenvalue weighted by Gasteiger charge is 2.06. The van der Waals surface area contributed by atoms with Gasteiger partial charge in [0.05, 0.1) is 0 Å². The smallest absolute Gasteiger partial charge is 0.310 e. The first-order valence-corrected chi connectivity index (χ1v) is 4.89. The maximum atomic E-state index is 11.0. The summed E-state index contributed by atoms with van der Waals surface area (Å²) in [5, 5.41) is 0.723. The topological polar surface area (TPSA) is 26.3 Å². The van der Waals surface area contributed by atoms with E-state index >= 15 is 0 Å². The number of benzene rings is 1. The molecule has 0 bridgehead atoms. The van der Waals surface area contributed by atoms with Crippen molar-refractivity contribution in [2.75, 3.05) is 0 Å².